The van der Waals surface area contributed by atoms with Crippen LogP contribution in [0.25, 0.3) is 0 Å². The van der Waals surface area contributed by atoms with Crippen molar-refractivity contribution in [1.82, 2.24) is 0 Å². The number of halogens is 4. The largest absolute Gasteiger partial charge is 0.207 e. The molecule has 1 unspecified atom stereocenters. The lowest BCUT2D eigenvalue weighted by molar-refractivity contribution is 0.571. The molecule has 0 aliphatic heterocycles. The molecule has 0 heterocycles. The standard InChI is InChI=1S/C14H10Br2F2/c15-11-3-1-2-9(6-11)13(16)7-10-4-5-12(17)8-14(10)18/h1-6,8,13H,7H2. The van der Waals surface area contributed by atoms with Crippen LogP contribution in [0.2, 0.25) is 0 Å². The first kappa shape index (κ1) is 13.7. The highest BCUT2D eigenvalue weighted by Crippen LogP contribution is 2.29. The molecule has 4 heteroatoms. The lowest BCUT2D eigenvalue weighted by atomic mass is 10.0. The zero-order chi connectivity index (χ0) is 13.1. The molecule has 0 aromatic heterocycles. The second-order valence-corrected chi connectivity index (χ2v) is 5.98. The molecule has 0 amide bonds. The Bertz CT molecular complexity index is 555. The topological polar surface area (TPSA) is 0 Å². The van der Waals surface area contributed by atoms with Gasteiger partial charge in [-0.25, -0.2) is 8.78 Å². The van der Waals surface area contributed by atoms with Crippen LogP contribution < -0.4 is 0 Å². The summed E-state index contributed by atoms with van der Waals surface area (Å²) in [5.41, 5.74) is 1.55. The average Bonchev–Trinajstić information content (AvgIpc) is 2.32. The van der Waals surface area contributed by atoms with E-state index >= 15 is 0 Å². The van der Waals surface area contributed by atoms with E-state index in [0.717, 1.165) is 16.1 Å². The molecule has 0 saturated heterocycles. The minimum Gasteiger partial charge on any atom is -0.207 e. The maximum Gasteiger partial charge on any atom is 0.129 e. The van der Waals surface area contributed by atoms with Gasteiger partial charge in [0, 0.05) is 15.4 Å². The van der Waals surface area contributed by atoms with Crippen molar-refractivity contribution in [2.45, 2.75) is 11.2 Å². The molecule has 2 aromatic rings. The quantitative estimate of drug-likeness (QED) is 0.629. The van der Waals surface area contributed by atoms with Crippen molar-refractivity contribution >= 4 is 31.9 Å². The molecule has 0 nitrogen and oxygen atoms in total. The van der Waals surface area contributed by atoms with Crippen LogP contribution in [0.5, 0.6) is 0 Å². The Morgan fingerprint density at radius 3 is 2.50 bits per heavy atom. The summed E-state index contributed by atoms with van der Waals surface area (Å²) in [6, 6.07) is 11.5. The maximum atomic E-state index is 13.5. The average molecular weight is 376 g/mol. The van der Waals surface area contributed by atoms with Crippen LogP contribution in [-0.2, 0) is 6.42 Å². The Balaban J connectivity index is 2.18. The Morgan fingerprint density at radius 1 is 1.06 bits per heavy atom. The molecule has 0 N–H and O–H groups in total. The molecule has 0 bridgehead atoms. The molecular formula is C14H10Br2F2. The van der Waals surface area contributed by atoms with Crippen molar-refractivity contribution in [2.24, 2.45) is 0 Å². The Labute approximate surface area is 121 Å². The number of hydrogen-bond acceptors (Lipinski definition) is 0. The zero-order valence-corrected chi connectivity index (χ0v) is 12.5. The smallest absolute Gasteiger partial charge is 0.129 e. The van der Waals surface area contributed by atoms with Crippen molar-refractivity contribution < 1.29 is 8.78 Å². The summed E-state index contributed by atoms with van der Waals surface area (Å²) in [6.07, 6.45) is 0.475. The molecule has 0 aliphatic carbocycles. The van der Waals surface area contributed by atoms with Crippen LogP contribution in [0.3, 0.4) is 0 Å². The van der Waals surface area contributed by atoms with Gasteiger partial charge in [-0.15, -0.1) is 0 Å². The summed E-state index contributed by atoms with van der Waals surface area (Å²) in [6.45, 7) is 0. The fourth-order valence-electron chi connectivity index (χ4n) is 1.70. The third-order valence-corrected chi connectivity index (χ3v) is 3.97. The number of rotatable bonds is 3. The van der Waals surface area contributed by atoms with Gasteiger partial charge < -0.3 is 0 Å². The first-order valence-corrected chi connectivity index (χ1v) is 7.10. The van der Waals surface area contributed by atoms with Gasteiger partial charge in [0.2, 0.25) is 0 Å². The van der Waals surface area contributed by atoms with Crippen LogP contribution >= 0.6 is 31.9 Å². The number of alkyl halides is 1. The van der Waals surface area contributed by atoms with E-state index in [9.17, 15) is 8.78 Å². The summed E-state index contributed by atoms with van der Waals surface area (Å²) in [5, 5.41) is 0. The second-order valence-electron chi connectivity index (χ2n) is 3.96. The van der Waals surface area contributed by atoms with Gasteiger partial charge in [0.05, 0.1) is 0 Å². The van der Waals surface area contributed by atoms with E-state index in [1.807, 2.05) is 24.3 Å². The second kappa shape index (κ2) is 5.93. The highest BCUT2D eigenvalue weighted by atomic mass is 79.9. The highest BCUT2D eigenvalue weighted by molar-refractivity contribution is 9.10. The van der Waals surface area contributed by atoms with Crippen molar-refractivity contribution in [3.63, 3.8) is 0 Å². The lowest BCUT2D eigenvalue weighted by Gasteiger charge is -2.11. The van der Waals surface area contributed by atoms with Crippen molar-refractivity contribution in [2.75, 3.05) is 0 Å². The number of benzene rings is 2. The highest BCUT2D eigenvalue weighted by Gasteiger charge is 2.12. The molecule has 94 valence electrons. The Morgan fingerprint density at radius 2 is 1.83 bits per heavy atom. The molecule has 2 aromatic carbocycles. The third-order valence-electron chi connectivity index (χ3n) is 2.62. The minimum absolute atomic E-state index is 0.00467. The predicted octanol–water partition coefficient (Wildman–Crippen LogP) is 5.41. The maximum absolute atomic E-state index is 13.5. The lowest BCUT2D eigenvalue weighted by Crippen LogP contribution is -1.98. The van der Waals surface area contributed by atoms with Crippen LogP contribution in [-0.4, -0.2) is 0 Å². The first-order valence-electron chi connectivity index (χ1n) is 5.40. The van der Waals surface area contributed by atoms with Crippen LogP contribution in [0.1, 0.15) is 16.0 Å². The van der Waals surface area contributed by atoms with Gasteiger partial charge in [-0.2, -0.15) is 0 Å². The molecule has 18 heavy (non-hydrogen) atoms. The van der Waals surface area contributed by atoms with E-state index in [-0.39, 0.29) is 4.83 Å². The molecular weight excluding hydrogens is 366 g/mol. The zero-order valence-electron chi connectivity index (χ0n) is 9.34. The summed E-state index contributed by atoms with van der Waals surface area (Å²) < 4.78 is 27.3. The van der Waals surface area contributed by atoms with E-state index in [1.165, 1.54) is 12.1 Å². The molecule has 0 spiro atoms. The van der Waals surface area contributed by atoms with E-state index in [4.69, 9.17) is 0 Å². The predicted molar refractivity (Wildman–Crippen MR) is 75.9 cm³/mol. The van der Waals surface area contributed by atoms with Gasteiger partial charge in [-0.1, -0.05) is 50.1 Å². The molecule has 0 radical (unpaired) electrons. The van der Waals surface area contributed by atoms with E-state index in [2.05, 4.69) is 31.9 Å². The van der Waals surface area contributed by atoms with Crippen LogP contribution in [0, 0.1) is 11.6 Å². The van der Waals surface area contributed by atoms with Gasteiger partial charge in [0.15, 0.2) is 0 Å². The number of hydrogen-bond donors (Lipinski definition) is 0. The summed E-state index contributed by atoms with van der Waals surface area (Å²) in [4.78, 5) is -0.00467. The Hall–Kier alpha value is -0.740. The van der Waals surface area contributed by atoms with Crippen molar-refractivity contribution in [3.05, 3.63) is 69.7 Å². The van der Waals surface area contributed by atoms with E-state index in [0.29, 0.717) is 12.0 Å². The summed E-state index contributed by atoms with van der Waals surface area (Å²) in [5.74, 6) is -1.06. The molecule has 2 rings (SSSR count). The van der Waals surface area contributed by atoms with Gasteiger partial charge in [-0.3, -0.25) is 0 Å². The van der Waals surface area contributed by atoms with Gasteiger partial charge in [0.25, 0.3) is 0 Å². The van der Waals surface area contributed by atoms with E-state index < -0.39 is 11.6 Å². The summed E-state index contributed by atoms with van der Waals surface area (Å²) in [7, 11) is 0. The van der Waals surface area contributed by atoms with Crippen molar-refractivity contribution in [3.8, 4) is 0 Å². The van der Waals surface area contributed by atoms with Crippen LogP contribution in [0.15, 0.2) is 46.9 Å². The molecule has 0 saturated carbocycles. The normalized spacial score (nSPS) is 12.4. The van der Waals surface area contributed by atoms with Gasteiger partial charge in [-0.05, 0) is 35.7 Å². The molecule has 0 fully saturated rings. The van der Waals surface area contributed by atoms with Crippen LogP contribution in [0.4, 0.5) is 8.78 Å². The van der Waals surface area contributed by atoms with Gasteiger partial charge >= 0.3 is 0 Å². The fourth-order valence-corrected chi connectivity index (χ4v) is 2.75. The SMILES string of the molecule is Fc1ccc(CC(Br)c2cccc(Br)c2)c(F)c1. The van der Waals surface area contributed by atoms with Crippen molar-refractivity contribution in [1.29, 1.82) is 0 Å². The fraction of sp³-hybridized carbons (Fsp3) is 0.143. The van der Waals surface area contributed by atoms with Gasteiger partial charge in [0.1, 0.15) is 11.6 Å². The molecule has 1 atom stereocenters. The monoisotopic (exact) mass is 374 g/mol. The first-order chi connectivity index (χ1) is 8.56. The third kappa shape index (κ3) is 3.39. The molecule has 0 aliphatic rings. The minimum atomic E-state index is -0.551. The summed E-state index contributed by atoms with van der Waals surface area (Å²) >= 11 is 6.92. The Kier molecular flexibility index (Phi) is 4.51. The van der Waals surface area contributed by atoms with E-state index in [1.54, 1.807) is 0 Å².